The monoisotopic (exact) mass is 452 g/mol. The molecule has 0 heterocycles. The summed E-state index contributed by atoms with van der Waals surface area (Å²) in [4.78, 5) is 25.9. The van der Waals surface area contributed by atoms with Crippen LogP contribution in [-0.2, 0) is 28.7 Å². The minimum absolute atomic E-state index is 0.369. The zero-order chi connectivity index (χ0) is 24.5. The van der Waals surface area contributed by atoms with Crippen LogP contribution in [0.1, 0.15) is 116 Å². The highest BCUT2D eigenvalue weighted by molar-refractivity contribution is 6.05. The van der Waals surface area contributed by atoms with Crippen LogP contribution >= 0.6 is 0 Å². The zero-order valence-electron chi connectivity index (χ0n) is 21.2. The first-order valence-electron chi connectivity index (χ1n) is 12.2. The number of rotatable bonds is 14. The van der Waals surface area contributed by atoms with Gasteiger partial charge in [-0.2, -0.15) is 0 Å². The number of methoxy groups -OCH3 is 2. The second-order valence-corrected chi connectivity index (χ2v) is 8.13. The summed E-state index contributed by atoms with van der Waals surface area (Å²) >= 11 is 0. The Labute approximate surface area is 200 Å². The van der Waals surface area contributed by atoms with Crippen molar-refractivity contribution >= 4 is 11.9 Å². The van der Waals surface area contributed by atoms with Crippen molar-refractivity contribution in [2.75, 3.05) is 14.2 Å². The van der Waals surface area contributed by atoms with E-state index in [1.165, 1.54) is 14.2 Å². The molecule has 1 aromatic rings. The topological polar surface area (TPSA) is 52.6 Å². The Morgan fingerprint density at radius 3 is 1.79 bits per heavy atom. The van der Waals surface area contributed by atoms with Gasteiger partial charge >= 0.3 is 11.9 Å². The van der Waals surface area contributed by atoms with Crippen LogP contribution in [0, 0.1) is 23.7 Å². The van der Waals surface area contributed by atoms with Crippen molar-refractivity contribution in [1.29, 1.82) is 0 Å². The summed E-state index contributed by atoms with van der Waals surface area (Å²) in [5.41, 5.74) is 3.72. The number of benzene rings is 1. The number of carbonyl (C=O) groups excluding carboxylic acids is 2. The fraction of sp³-hybridized carbons (Fsp3) is 0.586. The average Bonchev–Trinajstić information content (AvgIpc) is 2.83. The quantitative estimate of drug-likeness (QED) is 0.184. The number of ether oxygens (including phenoxy) is 2. The van der Waals surface area contributed by atoms with Crippen LogP contribution in [-0.4, -0.2) is 26.2 Å². The molecule has 0 saturated carbocycles. The maximum atomic E-state index is 13.0. The Hall–Kier alpha value is -2.72. The van der Waals surface area contributed by atoms with Gasteiger partial charge in [0, 0.05) is 12.8 Å². The largest absolute Gasteiger partial charge is 0.465 e. The standard InChI is InChI=1S/C29H40O4/c1-6-9-12-14-17-20-24-22-23(19-16-11-8-3)25(21-18-15-13-10-7-2)27(29(31)33-5)26(24)28(30)32-4/h22H,8,11-21H2,1-5H3. The number of hydrogen-bond acceptors (Lipinski definition) is 4. The number of esters is 2. The van der Waals surface area contributed by atoms with Crippen LogP contribution < -0.4 is 0 Å². The van der Waals surface area contributed by atoms with Crippen molar-refractivity contribution in [2.24, 2.45) is 0 Å². The van der Waals surface area contributed by atoms with Crippen LogP contribution in [0.4, 0.5) is 0 Å². The molecule has 0 amide bonds. The Morgan fingerprint density at radius 2 is 1.24 bits per heavy atom. The van der Waals surface area contributed by atoms with E-state index in [4.69, 9.17) is 9.47 Å². The van der Waals surface area contributed by atoms with E-state index in [-0.39, 0.29) is 0 Å². The molecule has 0 spiro atoms. The van der Waals surface area contributed by atoms with Crippen LogP contribution in [0.15, 0.2) is 6.07 Å². The van der Waals surface area contributed by atoms with E-state index in [1.54, 1.807) is 0 Å². The zero-order valence-corrected chi connectivity index (χ0v) is 21.2. The molecule has 0 fully saturated rings. The van der Waals surface area contributed by atoms with Gasteiger partial charge in [0.25, 0.3) is 0 Å². The second kappa shape index (κ2) is 16.8. The maximum Gasteiger partial charge on any atom is 0.339 e. The van der Waals surface area contributed by atoms with Crippen LogP contribution in [0.3, 0.4) is 0 Å². The lowest BCUT2D eigenvalue weighted by molar-refractivity contribution is 0.0553. The van der Waals surface area contributed by atoms with Gasteiger partial charge in [0.15, 0.2) is 0 Å². The summed E-state index contributed by atoms with van der Waals surface area (Å²) < 4.78 is 10.3. The van der Waals surface area contributed by atoms with Crippen molar-refractivity contribution in [3.63, 3.8) is 0 Å². The molecule has 0 unspecified atom stereocenters. The molecule has 0 saturated heterocycles. The highest BCUT2D eigenvalue weighted by atomic mass is 16.5. The maximum absolute atomic E-state index is 13.0. The predicted molar refractivity (Wildman–Crippen MR) is 134 cm³/mol. The van der Waals surface area contributed by atoms with E-state index in [1.807, 2.05) is 13.8 Å². The van der Waals surface area contributed by atoms with Gasteiger partial charge in [-0.1, -0.05) is 25.8 Å². The molecule has 1 aromatic carbocycles. The lowest BCUT2D eigenvalue weighted by atomic mass is 9.85. The highest BCUT2D eigenvalue weighted by Crippen LogP contribution is 2.30. The van der Waals surface area contributed by atoms with E-state index in [9.17, 15) is 9.59 Å². The number of carbonyl (C=O) groups is 2. The van der Waals surface area contributed by atoms with E-state index in [0.29, 0.717) is 24.0 Å². The van der Waals surface area contributed by atoms with Crippen molar-refractivity contribution in [3.8, 4) is 23.7 Å². The molecule has 33 heavy (non-hydrogen) atoms. The summed E-state index contributed by atoms with van der Waals surface area (Å²) in [6, 6.07) is 2.14. The molecular formula is C29H40O4. The number of aryl methyl sites for hydroxylation is 2. The smallest absolute Gasteiger partial charge is 0.339 e. The molecular weight excluding hydrogens is 412 g/mol. The van der Waals surface area contributed by atoms with Gasteiger partial charge in [0.1, 0.15) is 0 Å². The minimum atomic E-state index is -0.475. The van der Waals surface area contributed by atoms with Gasteiger partial charge in [-0.25, -0.2) is 9.59 Å². The minimum Gasteiger partial charge on any atom is -0.465 e. The van der Waals surface area contributed by atoms with E-state index in [2.05, 4.69) is 36.7 Å². The Bertz CT molecular complexity index is 890. The first-order valence-corrected chi connectivity index (χ1v) is 12.2. The fourth-order valence-corrected chi connectivity index (χ4v) is 4.07. The van der Waals surface area contributed by atoms with Crippen molar-refractivity contribution in [2.45, 2.75) is 97.8 Å². The molecule has 0 aliphatic rings. The molecule has 0 atom stereocenters. The third-order valence-electron chi connectivity index (χ3n) is 5.77. The summed E-state index contributed by atoms with van der Waals surface area (Å²) in [7, 11) is 2.74. The molecule has 0 N–H and O–H groups in total. The summed E-state index contributed by atoms with van der Waals surface area (Å²) in [5, 5.41) is 0. The summed E-state index contributed by atoms with van der Waals surface area (Å²) in [5.74, 6) is 11.1. The van der Waals surface area contributed by atoms with Crippen LogP contribution in [0.2, 0.25) is 0 Å². The van der Waals surface area contributed by atoms with Gasteiger partial charge in [-0.15, -0.1) is 23.7 Å². The van der Waals surface area contributed by atoms with E-state index in [0.717, 1.165) is 80.9 Å². The Kier molecular flexibility index (Phi) is 14.5. The Morgan fingerprint density at radius 1 is 0.727 bits per heavy atom. The first kappa shape index (κ1) is 28.3. The van der Waals surface area contributed by atoms with Gasteiger partial charge in [0.2, 0.25) is 0 Å². The number of hydrogen-bond donors (Lipinski definition) is 0. The molecule has 0 bridgehead atoms. The first-order chi connectivity index (χ1) is 16.0. The summed E-state index contributed by atoms with van der Waals surface area (Å²) in [6.07, 6.45) is 11.0. The lowest BCUT2D eigenvalue weighted by Gasteiger charge is -2.20. The van der Waals surface area contributed by atoms with Gasteiger partial charge in [-0.05, 0) is 81.9 Å². The van der Waals surface area contributed by atoms with E-state index >= 15 is 0 Å². The molecule has 0 aliphatic heterocycles. The average molecular weight is 453 g/mol. The molecule has 0 aromatic heterocycles. The van der Waals surface area contributed by atoms with Crippen molar-refractivity contribution < 1.29 is 19.1 Å². The van der Waals surface area contributed by atoms with Crippen LogP contribution in [0.5, 0.6) is 0 Å². The normalized spacial score (nSPS) is 9.97. The van der Waals surface area contributed by atoms with Gasteiger partial charge < -0.3 is 9.47 Å². The van der Waals surface area contributed by atoms with Gasteiger partial charge in [0.05, 0.1) is 25.3 Å². The van der Waals surface area contributed by atoms with Gasteiger partial charge in [-0.3, -0.25) is 0 Å². The predicted octanol–water partition coefficient (Wildman–Crippen LogP) is 6.46. The molecule has 0 radical (unpaired) electrons. The lowest BCUT2D eigenvalue weighted by Crippen LogP contribution is -2.19. The molecule has 4 heteroatoms. The molecule has 4 nitrogen and oxygen atoms in total. The third kappa shape index (κ3) is 9.35. The van der Waals surface area contributed by atoms with Crippen LogP contribution in [0.25, 0.3) is 0 Å². The Balaban J connectivity index is 3.49. The highest BCUT2D eigenvalue weighted by Gasteiger charge is 2.28. The molecule has 1 rings (SSSR count). The summed E-state index contributed by atoms with van der Waals surface area (Å²) in [6.45, 7) is 5.87. The number of unbranched alkanes of at least 4 members (excludes halogenated alkanes) is 6. The fourth-order valence-electron chi connectivity index (χ4n) is 4.07. The van der Waals surface area contributed by atoms with Crippen molar-refractivity contribution in [3.05, 3.63) is 33.9 Å². The second-order valence-electron chi connectivity index (χ2n) is 8.13. The SMILES string of the molecule is CC#CCCCCc1cc(CCCCC)c(CCCCC#CC)c(C(=O)OC)c1C(=O)OC. The van der Waals surface area contributed by atoms with Crippen molar-refractivity contribution in [1.82, 2.24) is 0 Å². The molecule has 180 valence electrons. The third-order valence-corrected chi connectivity index (χ3v) is 5.77. The molecule has 0 aliphatic carbocycles. The van der Waals surface area contributed by atoms with E-state index < -0.39 is 11.9 Å².